The van der Waals surface area contributed by atoms with Crippen molar-refractivity contribution in [2.45, 2.75) is 45.6 Å². The zero-order valence-electron chi connectivity index (χ0n) is 8.38. The standard InChI is InChI=1S/C6H9NO.C5H10/c1-5-2-3-6(4-7)8-5;1-2-4-5-3-1/h2-3H,4,7H2,1H3;1-5H2. The Morgan fingerprint density at radius 3 is 1.92 bits per heavy atom. The summed E-state index contributed by atoms with van der Waals surface area (Å²) in [4.78, 5) is 0. The van der Waals surface area contributed by atoms with Crippen LogP contribution >= 0.6 is 0 Å². The Balaban J connectivity index is 0.000000145. The van der Waals surface area contributed by atoms with Gasteiger partial charge in [0.25, 0.3) is 0 Å². The van der Waals surface area contributed by atoms with Crippen LogP contribution in [-0.2, 0) is 6.54 Å². The Bertz CT molecular complexity index is 218. The number of hydrogen-bond donors (Lipinski definition) is 1. The van der Waals surface area contributed by atoms with E-state index in [2.05, 4.69) is 0 Å². The van der Waals surface area contributed by atoms with Crippen LogP contribution < -0.4 is 5.73 Å². The van der Waals surface area contributed by atoms with Crippen molar-refractivity contribution in [1.82, 2.24) is 0 Å². The highest BCUT2D eigenvalue weighted by Gasteiger charge is 1.95. The van der Waals surface area contributed by atoms with E-state index in [1.54, 1.807) is 0 Å². The van der Waals surface area contributed by atoms with Gasteiger partial charge in [0.2, 0.25) is 0 Å². The number of furan rings is 1. The first-order valence-corrected chi connectivity index (χ1v) is 5.08. The van der Waals surface area contributed by atoms with Crippen molar-refractivity contribution in [2.75, 3.05) is 0 Å². The normalized spacial score (nSPS) is 15.2. The summed E-state index contributed by atoms with van der Waals surface area (Å²) in [5.41, 5.74) is 5.27. The van der Waals surface area contributed by atoms with E-state index in [1.807, 2.05) is 19.1 Å². The van der Waals surface area contributed by atoms with Gasteiger partial charge in [-0.05, 0) is 19.1 Å². The van der Waals surface area contributed by atoms with Crippen molar-refractivity contribution in [2.24, 2.45) is 5.73 Å². The molecule has 2 nitrogen and oxygen atoms in total. The Morgan fingerprint density at radius 2 is 1.69 bits per heavy atom. The Morgan fingerprint density at radius 1 is 1.15 bits per heavy atom. The van der Waals surface area contributed by atoms with Gasteiger partial charge in [-0.3, -0.25) is 0 Å². The fourth-order valence-corrected chi connectivity index (χ4v) is 1.48. The average Bonchev–Trinajstić information content (AvgIpc) is 2.76. The van der Waals surface area contributed by atoms with Crippen molar-refractivity contribution < 1.29 is 4.42 Å². The minimum absolute atomic E-state index is 0.494. The smallest absolute Gasteiger partial charge is 0.117 e. The summed E-state index contributed by atoms with van der Waals surface area (Å²) in [5.74, 6) is 1.77. The molecule has 13 heavy (non-hydrogen) atoms. The zero-order chi connectivity index (χ0) is 9.52. The van der Waals surface area contributed by atoms with E-state index < -0.39 is 0 Å². The van der Waals surface area contributed by atoms with Gasteiger partial charge in [-0.25, -0.2) is 0 Å². The molecule has 2 heteroatoms. The summed E-state index contributed by atoms with van der Waals surface area (Å²) in [7, 11) is 0. The molecule has 1 aliphatic rings. The van der Waals surface area contributed by atoms with E-state index >= 15 is 0 Å². The molecule has 0 unspecified atom stereocenters. The Labute approximate surface area is 80.1 Å². The first-order valence-electron chi connectivity index (χ1n) is 5.08. The van der Waals surface area contributed by atoms with E-state index in [0.717, 1.165) is 11.5 Å². The fraction of sp³-hybridized carbons (Fsp3) is 0.636. The highest BCUT2D eigenvalue weighted by molar-refractivity contribution is 5.04. The largest absolute Gasteiger partial charge is 0.465 e. The van der Waals surface area contributed by atoms with Crippen LogP contribution in [0.3, 0.4) is 0 Å². The third-order valence-electron chi connectivity index (χ3n) is 2.25. The molecular weight excluding hydrogens is 162 g/mol. The Kier molecular flexibility index (Phi) is 4.61. The van der Waals surface area contributed by atoms with Gasteiger partial charge in [-0.2, -0.15) is 0 Å². The SMILES string of the molecule is C1CCCC1.Cc1ccc(CN)o1. The minimum atomic E-state index is 0.494. The number of hydrogen-bond acceptors (Lipinski definition) is 2. The van der Waals surface area contributed by atoms with Crippen LogP contribution in [0.15, 0.2) is 16.5 Å². The molecule has 0 aromatic carbocycles. The molecule has 0 bridgehead atoms. The predicted molar refractivity (Wildman–Crippen MR) is 54.4 cm³/mol. The second-order valence-electron chi connectivity index (χ2n) is 3.48. The first kappa shape index (κ1) is 10.3. The fourth-order valence-electron chi connectivity index (χ4n) is 1.48. The van der Waals surface area contributed by atoms with Crippen molar-refractivity contribution in [3.05, 3.63) is 23.7 Å². The molecule has 2 N–H and O–H groups in total. The summed E-state index contributed by atoms with van der Waals surface area (Å²) in [6, 6.07) is 3.79. The van der Waals surface area contributed by atoms with Crippen LogP contribution in [0.1, 0.15) is 43.6 Å². The van der Waals surface area contributed by atoms with Crippen LogP contribution in [0, 0.1) is 6.92 Å². The average molecular weight is 181 g/mol. The van der Waals surface area contributed by atoms with Crippen LogP contribution in [-0.4, -0.2) is 0 Å². The minimum Gasteiger partial charge on any atom is -0.465 e. The molecular formula is C11H19NO. The molecule has 1 aromatic rings. The molecule has 1 fully saturated rings. The van der Waals surface area contributed by atoms with E-state index in [1.165, 1.54) is 32.1 Å². The first-order chi connectivity index (χ1) is 6.33. The molecule has 0 saturated heterocycles. The van der Waals surface area contributed by atoms with Crippen LogP contribution in [0.25, 0.3) is 0 Å². The molecule has 1 saturated carbocycles. The van der Waals surface area contributed by atoms with Crippen molar-refractivity contribution in [3.8, 4) is 0 Å². The van der Waals surface area contributed by atoms with Gasteiger partial charge in [-0.1, -0.05) is 32.1 Å². The lowest BCUT2D eigenvalue weighted by molar-refractivity contribution is 0.485. The summed E-state index contributed by atoms with van der Waals surface area (Å²) >= 11 is 0. The molecule has 0 amide bonds. The van der Waals surface area contributed by atoms with E-state index in [-0.39, 0.29) is 0 Å². The molecule has 0 radical (unpaired) electrons. The molecule has 1 heterocycles. The van der Waals surface area contributed by atoms with E-state index in [0.29, 0.717) is 6.54 Å². The third-order valence-corrected chi connectivity index (χ3v) is 2.25. The lowest BCUT2D eigenvalue weighted by Gasteiger charge is -1.83. The second-order valence-corrected chi connectivity index (χ2v) is 3.48. The molecule has 0 aliphatic heterocycles. The van der Waals surface area contributed by atoms with Crippen LogP contribution in [0.4, 0.5) is 0 Å². The van der Waals surface area contributed by atoms with Crippen LogP contribution in [0.2, 0.25) is 0 Å². The quantitative estimate of drug-likeness (QED) is 0.723. The van der Waals surface area contributed by atoms with Gasteiger partial charge in [0, 0.05) is 0 Å². The number of rotatable bonds is 1. The lowest BCUT2D eigenvalue weighted by Crippen LogP contribution is -1.92. The van der Waals surface area contributed by atoms with Gasteiger partial charge < -0.3 is 10.2 Å². The maximum atomic E-state index is 5.27. The van der Waals surface area contributed by atoms with E-state index in [9.17, 15) is 0 Å². The van der Waals surface area contributed by atoms with Gasteiger partial charge in [0.1, 0.15) is 11.5 Å². The predicted octanol–water partition coefficient (Wildman–Crippen LogP) is 3.00. The zero-order valence-corrected chi connectivity index (χ0v) is 8.38. The topological polar surface area (TPSA) is 39.2 Å². The summed E-state index contributed by atoms with van der Waals surface area (Å²) in [6.07, 6.45) is 7.50. The van der Waals surface area contributed by atoms with Gasteiger partial charge >= 0.3 is 0 Å². The molecule has 0 spiro atoms. The van der Waals surface area contributed by atoms with E-state index in [4.69, 9.17) is 10.2 Å². The molecule has 2 rings (SSSR count). The number of nitrogens with two attached hydrogens (primary N) is 1. The second kappa shape index (κ2) is 5.81. The maximum absolute atomic E-state index is 5.27. The third kappa shape index (κ3) is 4.13. The van der Waals surface area contributed by atoms with Gasteiger partial charge in [-0.15, -0.1) is 0 Å². The van der Waals surface area contributed by atoms with Crippen molar-refractivity contribution >= 4 is 0 Å². The highest BCUT2D eigenvalue weighted by atomic mass is 16.3. The van der Waals surface area contributed by atoms with Crippen LogP contribution in [0.5, 0.6) is 0 Å². The molecule has 74 valence electrons. The monoisotopic (exact) mass is 181 g/mol. The summed E-state index contributed by atoms with van der Waals surface area (Å²) in [5, 5.41) is 0. The molecule has 0 atom stereocenters. The number of aryl methyl sites for hydroxylation is 1. The van der Waals surface area contributed by atoms with Gasteiger partial charge in [0.15, 0.2) is 0 Å². The maximum Gasteiger partial charge on any atom is 0.117 e. The Hall–Kier alpha value is -0.760. The summed E-state index contributed by atoms with van der Waals surface area (Å²) < 4.78 is 5.11. The molecule has 1 aromatic heterocycles. The van der Waals surface area contributed by atoms with Crippen molar-refractivity contribution in [1.29, 1.82) is 0 Å². The van der Waals surface area contributed by atoms with Crippen molar-refractivity contribution in [3.63, 3.8) is 0 Å². The lowest BCUT2D eigenvalue weighted by atomic mass is 10.4. The molecule has 1 aliphatic carbocycles. The van der Waals surface area contributed by atoms with Gasteiger partial charge in [0.05, 0.1) is 6.54 Å². The summed E-state index contributed by atoms with van der Waals surface area (Å²) in [6.45, 7) is 2.40. The highest BCUT2D eigenvalue weighted by Crippen LogP contribution is 2.15.